The predicted octanol–water partition coefficient (Wildman–Crippen LogP) is 5.84. The molecule has 1 aliphatic heterocycles. The summed E-state index contributed by atoms with van der Waals surface area (Å²) in [5, 5.41) is 4.31. The Morgan fingerprint density at radius 1 is 1.20 bits per heavy atom. The lowest BCUT2D eigenvalue weighted by Crippen LogP contribution is -2.36. The van der Waals surface area contributed by atoms with Gasteiger partial charge in [0.05, 0.1) is 11.6 Å². The summed E-state index contributed by atoms with van der Waals surface area (Å²) in [5.41, 5.74) is 1.79. The normalized spacial score (nSPS) is 17.4. The Bertz CT molecular complexity index is 1330. The first-order valence-electron chi connectivity index (χ1n) is 13.3. The first kappa shape index (κ1) is 29.7. The molecule has 40 heavy (non-hydrogen) atoms. The van der Waals surface area contributed by atoms with Crippen molar-refractivity contribution < 1.29 is 9.59 Å². The molecule has 4 rings (SSSR count). The molecule has 1 saturated heterocycles. The number of nitrogens with one attached hydrogen (secondary N) is 2. The van der Waals surface area contributed by atoms with Crippen molar-refractivity contribution in [2.45, 2.75) is 75.9 Å². The number of carbonyl (C=O) groups is 2. The van der Waals surface area contributed by atoms with E-state index >= 15 is 0 Å². The van der Waals surface area contributed by atoms with E-state index in [0.29, 0.717) is 22.3 Å². The molecule has 0 aliphatic carbocycles. The van der Waals surface area contributed by atoms with Crippen molar-refractivity contribution in [3.05, 3.63) is 71.0 Å². The lowest BCUT2D eigenvalue weighted by atomic mass is 9.91. The summed E-state index contributed by atoms with van der Waals surface area (Å²) < 4.78 is 2.82. The molecule has 0 bridgehead atoms. The summed E-state index contributed by atoms with van der Waals surface area (Å²) in [4.78, 5) is 43.7. The molecule has 2 amide bonds. The maximum absolute atomic E-state index is 12.8. The maximum Gasteiger partial charge on any atom is 0.264 e. The zero-order valence-corrected chi connectivity index (χ0v) is 25.1. The highest BCUT2D eigenvalue weighted by molar-refractivity contribution is 7.97. The summed E-state index contributed by atoms with van der Waals surface area (Å²) in [6.07, 6.45) is 8.81. The highest BCUT2D eigenvalue weighted by atomic mass is 35.5. The van der Waals surface area contributed by atoms with Crippen molar-refractivity contribution in [2.24, 2.45) is 5.92 Å². The Kier molecular flexibility index (Phi) is 9.30. The summed E-state index contributed by atoms with van der Waals surface area (Å²) >= 11 is 7.44. The highest BCUT2D eigenvalue weighted by Crippen LogP contribution is 2.36. The number of pyridine rings is 2. The van der Waals surface area contributed by atoms with Crippen LogP contribution in [0, 0.1) is 5.92 Å². The Hall–Kier alpha value is -3.24. The first-order chi connectivity index (χ1) is 19.0. The van der Waals surface area contributed by atoms with Crippen molar-refractivity contribution >= 4 is 41.7 Å². The number of rotatable bonds is 10. The number of likely N-dealkylation sites (tertiary alicyclic amines) is 1. The van der Waals surface area contributed by atoms with Crippen LogP contribution in [0.1, 0.15) is 81.5 Å². The Morgan fingerprint density at radius 3 is 2.60 bits per heavy atom. The van der Waals surface area contributed by atoms with Crippen LogP contribution in [0.3, 0.4) is 0 Å². The number of amides is 2. The van der Waals surface area contributed by atoms with Crippen LogP contribution >= 0.6 is 23.5 Å². The van der Waals surface area contributed by atoms with E-state index in [-0.39, 0.29) is 28.1 Å². The monoisotopic (exact) mass is 581 g/mol. The molecule has 3 aromatic heterocycles. The standard InChI is InChI=1S/C29H36ClN7O2S/c1-28(2,3)23-12-10-21(26(30)34-23)27(39)36-40-25-8-6-7-24(35-25)33-22(20-14-31-17-32-15-20)11-9-19-13-29(4,5)37(16-19)18-38/h6-8,10,12,14-15,17-19,22H,9,11,13,16H2,1-5H3,(H,33,35)(H,36,39). The van der Waals surface area contributed by atoms with Gasteiger partial charge in [-0.1, -0.05) is 38.4 Å². The number of hydrogen-bond donors (Lipinski definition) is 2. The van der Waals surface area contributed by atoms with Crippen LogP contribution in [-0.4, -0.2) is 49.2 Å². The molecule has 212 valence electrons. The molecule has 0 aromatic carbocycles. The van der Waals surface area contributed by atoms with E-state index in [4.69, 9.17) is 16.6 Å². The van der Waals surface area contributed by atoms with Crippen molar-refractivity contribution in [1.29, 1.82) is 0 Å². The fraction of sp³-hybridized carbons (Fsp3) is 0.448. The van der Waals surface area contributed by atoms with Crippen molar-refractivity contribution in [2.75, 3.05) is 11.9 Å². The van der Waals surface area contributed by atoms with Crippen LogP contribution in [0.25, 0.3) is 0 Å². The fourth-order valence-corrected chi connectivity index (χ4v) is 5.75. The molecule has 2 N–H and O–H groups in total. The number of nitrogens with zero attached hydrogens (tertiary/aromatic N) is 5. The van der Waals surface area contributed by atoms with Gasteiger partial charge in [0.2, 0.25) is 6.41 Å². The summed E-state index contributed by atoms with van der Waals surface area (Å²) in [6, 6.07) is 9.06. The van der Waals surface area contributed by atoms with Crippen LogP contribution in [0.2, 0.25) is 5.15 Å². The largest absolute Gasteiger partial charge is 0.363 e. The minimum absolute atomic E-state index is 0.0665. The number of hydrogen-bond acceptors (Lipinski definition) is 8. The van der Waals surface area contributed by atoms with Gasteiger partial charge in [-0.3, -0.25) is 14.3 Å². The van der Waals surface area contributed by atoms with Gasteiger partial charge in [0.15, 0.2) is 0 Å². The van der Waals surface area contributed by atoms with Crippen molar-refractivity contribution in [3.63, 3.8) is 0 Å². The smallest absolute Gasteiger partial charge is 0.264 e. The summed E-state index contributed by atoms with van der Waals surface area (Å²) in [7, 11) is 0. The van der Waals surface area contributed by atoms with Crippen molar-refractivity contribution in [3.8, 4) is 0 Å². The average molecular weight is 582 g/mol. The van der Waals surface area contributed by atoms with E-state index in [0.717, 1.165) is 55.4 Å². The number of anilines is 1. The zero-order valence-electron chi connectivity index (χ0n) is 23.5. The molecule has 4 heterocycles. The van der Waals surface area contributed by atoms with Gasteiger partial charge < -0.3 is 10.2 Å². The van der Waals surface area contributed by atoms with Crippen LogP contribution in [0.15, 0.2) is 54.1 Å². The minimum atomic E-state index is -0.341. The van der Waals surface area contributed by atoms with E-state index in [2.05, 4.69) is 38.8 Å². The molecule has 1 aliphatic rings. The van der Waals surface area contributed by atoms with E-state index in [1.807, 2.05) is 62.3 Å². The van der Waals surface area contributed by atoms with Crippen LogP contribution in [0.4, 0.5) is 5.82 Å². The number of carbonyl (C=O) groups excluding carboxylic acids is 2. The van der Waals surface area contributed by atoms with Gasteiger partial charge in [0, 0.05) is 53.1 Å². The third kappa shape index (κ3) is 7.48. The summed E-state index contributed by atoms with van der Waals surface area (Å²) in [5.74, 6) is 0.743. The second kappa shape index (κ2) is 12.5. The van der Waals surface area contributed by atoms with E-state index < -0.39 is 0 Å². The van der Waals surface area contributed by atoms with Gasteiger partial charge in [-0.15, -0.1) is 0 Å². The van der Waals surface area contributed by atoms with Gasteiger partial charge in [0.1, 0.15) is 22.3 Å². The van der Waals surface area contributed by atoms with Gasteiger partial charge >= 0.3 is 0 Å². The maximum atomic E-state index is 12.8. The molecule has 2 unspecified atom stereocenters. The second-order valence-corrected chi connectivity index (χ2v) is 13.0. The Balaban J connectivity index is 1.41. The van der Waals surface area contributed by atoms with E-state index in [1.54, 1.807) is 6.07 Å². The van der Waals surface area contributed by atoms with Gasteiger partial charge in [-0.05, 0) is 63.3 Å². The fourth-order valence-electron chi connectivity index (χ4n) is 4.91. The van der Waals surface area contributed by atoms with Crippen LogP contribution in [-0.2, 0) is 10.2 Å². The third-order valence-corrected chi connectivity index (χ3v) is 8.16. The zero-order chi connectivity index (χ0) is 28.9. The molecule has 0 spiro atoms. The third-order valence-electron chi connectivity index (χ3n) is 7.15. The topological polar surface area (TPSA) is 113 Å². The molecular formula is C29H36ClN7O2S. The second-order valence-electron chi connectivity index (χ2n) is 11.8. The van der Waals surface area contributed by atoms with Crippen molar-refractivity contribution in [1.82, 2.24) is 29.6 Å². The summed E-state index contributed by atoms with van der Waals surface area (Å²) in [6.45, 7) is 11.1. The first-order valence-corrected chi connectivity index (χ1v) is 14.5. The molecule has 11 heteroatoms. The SMILES string of the molecule is CC(C)(C)c1ccc(C(=O)NSc2cccc(NC(CCC3CN(C=O)C(C)(C)C3)c3cncnc3)n2)c(Cl)n1. The molecule has 3 aromatic rings. The minimum Gasteiger partial charge on any atom is -0.363 e. The van der Waals surface area contributed by atoms with E-state index in [1.165, 1.54) is 6.33 Å². The number of halogens is 1. The lowest BCUT2D eigenvalue weighted by Gasteiger charge is -2.27. The van der Waals surface area contributed by atoms with E-state index in [9.17, 15) is 9.59 Å². The Labute approximate surface area is 245 Å². The molecule has 1 fully saturated rings. The molecule has 0 radical (unpaired) electrons. The lowest BCUT2D eigenvalue weighted by molar-refractivity contribution is -0.120. The molecule has 2 atom stereocenters. The van der Waals surface area contributed by atoms with Crippen LogP contribution in [0.5, 0.6) is 0 Å². The van der Waals surface area contributed by atoms with Gasteiger partial charge in [-0.2, -0.15) is 0 Å². The molecule has 0 saturated carbocycles. The predicted molar refractivity (Wildman–Crippen MR) is 158 cm³/mol. The van der Waals surface area contributed by atoms with Gasteiger partial charge in [0.25, 0.3) is 5.91 Å². The molecule has 9 nitrogen and oxygen atoms in total. The van der Waals surface area contributed by atoms with Gasteiger partial charge in [-0.25, -0.2) is 19.9 Å². The number of aromatic nitrogens is 4. The highest BCUT2D eigenvalue weighted by Gasteiger charge is 2.37. The quantitative estimate of drug-likeness (QED) is 0.174. The van der Waals surface area contributed by atoms with Crippen LogP contribution < -0.4 is 10.0 Å². The Morgan fingerprint density at radius 2 is 1.95 bits per heavy atom. The molecular weight excluding hydrogens is 546 g/mol. The average Bonchev–Trinajstić information content (AvgIpc) is 3.22.